The molecule has 0 radical (unpaired) electrons. The molecule has 2 aromatic carbocycles. The Hall–Kier alpha value is -2.22. The van der Waals surface area contributed by atoms with Gasteiger partial charge in [-0.2, -0.15) is 16.8 Å². The second-order valence-corrected chi connectivity index (χ2v) is 10.8. The second-order valence-electron chi connectivity index (χ2n) is 8.00. The van der Waals surface area contributed by atoms with Crippen LogP contribution in [0.15, 0.2) is 34.1 Å². The van der Waals surface area contributed by atoms with Crippen LogP contribution in [0, 0.1) is 0 Å². The number of rotatable bonds is 10. The van der Waals surface area contributed by atoms with Gasteiger partial charge in [0.15, 0.2) is 0 Å². The molecule has 0 aliphatic heterocycles. The summed E-state index contributed by atoms with van der Waals surface area (Å²) >= 11 is 0. The lowest BCUT2D eigenvalue weighted by atomic mass is 10.1. The Balaban J connectivity index is 2.11. The van der Waals surface area contributed by atoms with Gasteiger partial charge in [-0.05, 0) is 65.8 Å². The first-order valence-corrected chi connectivity index (χ1v) is 13.3. The number of ether oxygens (including phenoxy) is 2. The summed E-state index contributed by atoms with van der Waals surface area (Å²) in [6.07, 6.45) is 1.55. The maximum Gasteiger partial charge on any atom is 0.298 e. The van der Waals surface area contributed by atoms with E-state index in [9.17, 15) is 25.9 Å². The van der Waals surface area contributed by atoms with E-state index in [0.717, 1.165) is 0 Å². The molecule has 6 N–H and O–H groups in total. The summed E-state index contributed by atoms with van der Waals surface area (Å²) in [6, 6.07) is 4.78. The third kappa shape index (κ3) is 5.65. The summed E-state index contributed by atoms with van der Waals surface area (Å²) in [5.41, 5.74) is 13.8. The van der Waals surface area contributed by atoms with Crippen LogP contribution < -0.4 is 20.9 Å². The summed E-state index contributed by atoms with van der Waals surface area (Å²) in [7, 11) is -9.30. The highest BCUT2D eigenvalue weighted by Crippen LogP contribution is 2.44. The van der Waals surface area contributed by atoms with E-state index in [0.29, 0.717) is 41.5 Å². The van der Waals surface area contributed by atoms with Gasteiger partial charge in [0, 0.05) is 12.1 Å². The number of fused-ring (bicyclic) bond motifs is 3. The molecule has 0 heterocycles. The van der Waals surface area contributed by atoms with Crippen LogP contribution in [0.1, 0.15) is 37.8 Å². The second kappa shape index (κ2) is 9.57. The van der Waals surface area contributed by atoms with E-state index >= 15 is 0 Å². The largest absolute Gasteiger partial charge is 0.491 e. The van der Waals surface area contributed by atoms with Crippen LogP contribution in [0.4, 0.5) is 0 Å². The van der Waals surface area contributed by atoms with Gasteiger partial charge >= 0.3 is 0 Å². The minimum absolute atomic E-state index is 0.0478. The standard InChI is InChI=1S/C21H28N2O8S2/c1-3-14(22)10-30-18-6-12-5-13-7-19(31-11-15(23)4-2)21(33(27,28)29)9-17(13)16(12)8-20(18)32(24,25)26/h6-9,14-15H,3-5,10-11,22-23H2,1-2H3,(H,24,25,26)(H,27,28,29). The molecule has 182 valence electrons. The summed E-state index contributed by atoms with van der Waals surface area (Å²) in [5.74, 6) is -0.0956. The lowest BCUT2D eigenvalue weighted by Crippen LogP contribution is -2.27. The maximum atomic E-state index is 12.0. The topological polar surface area (TPSA) is 179 Å². The van der Waals surface area contributed by atoms with Crippen molar-refractivity contribution < 1.29 is 35.4 Å². The summed E-state index contributed by atoms with van der Waals surface area (Å²) in [6.45, 7) is 3.81. The average Bonchev–Trinajstić information content (AvgIpc) is 3.09. The van der Waals surface area contributed by atoms with Gasteiger partial charge in [0.1, 0.15) is 34.5 Å². The third-order valence-corrected chi connectivity index (χ3v) is 7.27. The highest BCUT2D eigenvalue weighted by molar-refractivity contribution is 7.86. The Morgan fingerprint density at radius 2 is 1.15 bits per heavy atom. The lowest BCUT2D eigenvalue weighted by Gasteiger charge is -2.16. The van der Waals surface area contributed by atoms with Crippen molar-refractivity contribution >= 4 is 20.2 Å². The van der Waals surface area contributed by atoms with Gasteiger partial charge in [0.05, 0.1) is 0 Å². The Kier molecular flexibility index (Phi) is 7.36. The molecule has 10 nitrogen and oxygen atoms in total. The van der Waals surface area contributed by atoms with Crippen LogP contribution in [0.25, 0.3) is 11.1 Å². The van der Waals surface area contributed by atoms with Gasteiger partial charge in [-0.1, -0.05) is 13.8 Å². The molecule has 0 aromatic heterocycles. The van der Waals surface area contributed by atoms with E-state index in [1.54, 1.807) is 0 Å². The molecule has 3 rings (SSSR count). The molecule has 0 fully saturated rings. The molecule has 0 saturated carbocycles. The summed E-state index contributed by atoms with van der Waals surface area (Å²) in [5, 5.41) is 0. The first-order valence-electron chi connectivity index (χ1n) is 10.4. The van der Waals surface area contributed by atoms with Crippen molar-refractivity contribution in [3.63, 3.8) is 0 Å². The quantitative estimate of drug-likeness (QED) is 0.301. The van der Waals surface area contributed by atoms with E-state index in [4.69, 9.17) is 20.9 Å². The highest BCUT2D eigenvalue weighted by Gasteiger charge is 2.29. The predicted octanol–water partition coefficient (Wildman–Crippen LogP) is 1.98. The first-order chi connectivity index (χ1) is 15.3. The molecule has 0 saturated heterocycles. The van der Waals surface area contributed by atoms with Crippen LogP contribution in [-0.2, 0) is 26.7 Å². The molecular weight excluding hydrogens is 472 g/mol. The van der Waals surface area contributed by atoms with Crippen molar-refractivity contribution in [1.29, 1.82) is 0 Å². The Morgan fingerprint density at radius 1 is 0.788 bits per heavy atom. The van der Waals surface area contributed by atoms with Gasteiger partial charge in [-0.15, -0.1) is 0 Å². The first kappa shape index (κ1) is 25.4. The normalized spacial score (nSPS) is 15.0. The van der Waals surface area contributed by atoms with Gasteiger partial charge < -0.3 is 20.9 Å². The Labute approximate surface area is 193 Å². The van der Waals surface area contributed by atoms with Crippen LogP contribution >= 0.6 is 0 Å². The van der Waals surface area contributed by atoms with E-state index in [1.165, 1.54) is 24.3 Å². The van der Waals surface area contributed by atoms with Crippen LogP contribution in [0.2, 0.25) is 0 Å². The van der Waals surface area contributed by atoms with Crippen molar-refractivity contribution in [2.75, 3.05) is 13.2 Å². The maximum absolute atomic E-state index is 12.0. The summed E-state index contributed by atoms with van der Waals surface area (Å²) < 4.78 is 78.7. The molecular formula is C21H28N2O8S2. The molecule has 0 amide bonds. The fraction of sp³-hybridized carbons (Fsp3) is 0.429. The highest BCUT2D eigenvalue weighted by atomic mass is 32.2. The van der Waals surface area contributed by atoms with Gasteiger partial charge in [-0.3, -0.25) is 9.11 Å². The fourth-order valence-electron chi connectivity index (χ4n) is 3.46. The zero-order valence-corrected chi connectivity index (χ0v) is 19.9. The van der Waals surface area contributed by atoms with Crippen LogP contribution in [-0.4, -0.2) is 51.2 Å². The molecule has 0 spiro atoms. The van der Waals surface area contributed by atoms with Gasteiger partial charge in [0.25, 0.3) is 20.2 Å². The van der Waals surface area contributed by atoms with Crippen LogP contribution in [0.5, 0.6) is 11.5 Å². The molecule has 2 atom stereocenters. The lowest BCUT2D eigenvalue weighted by molar-refractivity contribution is 0.277. The number of hydrogen-bond acceptors (Lipinski definition) is 8. The molecule has 33 heavy (non-hydrogen) atoms. The van der Waals surface area contributed by atoms with Crippen molar-refractivity contribution in [3.8, 4) is 22.6 Å². The summed E-state index contributed by atoms with van der Waals surface area (Å²) in [4.78, 5) is -0.917. The van der Waals surface area contributed by atoms with Crippen molar-refractivity contribution in [3.05, 3.63) is 35.4 Å². The van der Waals surface area contributed by atoms with Crippen molar-refractivity contribution in [1.82, 2.24) is 0 Å². The third-order valence-electron chi connectivity index (χ3n) is 5.52. The van der Waals surface area contributed by atoms with Crippen molar-refractivity contribution in [2.45, 2.75) is 55.0 Å². The SMILES string of the molecule is CCC(N)COc1cc2c(cc1S(=O)(=O)O)-c1cc(S(=O)(=O)O)c(OCC(N)CC)cc1C2. The molecule has 0 bridgehead atoms. The van der Waals surface area contributed by atoms with E-state index in [2.05, 4.69) is 0 Å². The molecule has 1 aliphatic rings. The van der Waals surface area contributed by atoms with Crippen molar-refractivity contribution in [2.24, 2.45) is 11.5 Å². The Bertz CT molecular complexity index is 1160. The smallest absolute Gasteiger partial charge is 0.298 e. The van der Waals surface area contributed by atoms with E-state index < -0.39 is 30.0 Å². The molecule has 1 aliphatic carbocycles. The minimum Gasteiger partial charge on any atom is -0.491 e. The predicted molar refractivity (Wildman–Crippen MR) is 122 cm³/mol. The number of nitrogens with two attached hydrogens (primary N) is 2. The minimum atomic E-state index is -4.65. The Morgan fingerprint density at radius 3 is 1.45 bits per heavy atom. The van der Waals surface area contributed by atoms with E-state index in [-0.39, 0.29) is 36.8 Å². The van der Waals surface area contributed by atoms with Gasteiger partial charge in [-0.25, -0.2) is 0 Å². The van der Waals surface area contributed by atoms with Crippen LogP contribution in [0.3, 0.4) is 0 Å². The number of benzene rings is 2. The average molecular weight is 501 g/mol. The van der Waals surface area contributed by atoms with E-state index in [1.807, 2.05) is 13.8 Å². The number of hydrogen-bond donors (Lipinski definition) is 4. The molecule has 2 unspecified atom stereocenters. The zero-order chi connectivity index (χ0) is 24.6. The molecule has 2 aromatic rings. The fourth-order valence-corrected chi connectivity index (χ4v) is 4.74. The van der Waals surface area contributed by atoms with Gasteiger partial charge in [0.2, 0.25) is 0 Å². The zero-order valence-electron chi connectivity index (χ0n) is 18.3. The molecule has 12 heteroatoms. The monoisotopic (exact) mass is 500 g/mol.